The fourth-order valence-corrected chi connectivity index (χ4v) is 6.25. The number of nitrogens with one attached hydrogen (secondary N) is 1. The van der Waals surface area contributed by atoms with E-state index in [0.29, 0.717) is 17.3 Å². The van der Waals surface area contributed by atoms with Gasteiger partial charge in [0.2, 0.25) is 0 Å². The average molecular weight is 482 g/mol. The molecule has 1 nitrogen and oxygen atoms in total. The van der Waals surface area contributed by atoms with E-state index < -0.39 is 0 Å². The molecule has 0 bridgehead atoms. The maximum Gasteiger partial charge on any atom is -0.0143 e. The third kappa shape index (κ3) is 8.92. The van der Waals surface area contributed by atoms with Crippen LogP contribution in [0.5, 0.6) is 0 Å². The van der Waals surface area contributed by atoms with E-state index in [4.69, 9.17) is 0 Å². The second-order valence-electron chi connectivity index (χ2n) is 11.8. The molecule has 3 rings (SSSR count). The molecule has 0 aromatic carbocycles. The third-order valence-electron chi connectivity index (χ3n) is 8.98. The molecule has 0 aromatic rings. The van der Waals surface area contributed by atoms with Crippen molar-refractivity contribution < 1.29 is 0 Å². The molecule has 3 aliphatic rings. The summed E-state index contributed by atoms with van der Waals surface area (Å²) in [5.41, 5.74) is 6.40. The van der Waals surface area contributed by atoms with Crippen molar-refractivity contribution in [1.82, 2.24) is 5.32 Å². The zero-order chi connectivity index (χ0) is 26.6. The van der Waals surface area contributed by atoms with Crippen LogP contribution in [0.25, 0.3) is 0 Å². The Morgan fingerprint density at radius 1 is 1.09 bits per heavy atom. The van der Waals surface area contributed by atoms with Gasteiger partial charge < -0.3 is 5.32 Å². The fraction of sp³-hybridized carbons (Fsp3) is 0.706. The quantitative estimate of drug-likeness (QED) is 0.372. The number of fused-ring (bicyclic) bond motifs is 1. The van der Waals surface area contributed by atoms with Crippen LogP contribution in [0, 0.1) is 35.0 Å². The average Bonchev–Trinajstić information content (AvgIpc) is 3.16. The lowest BCUT2D eigenvalue weighted by Gasteiger charge is -2.42. The van der Waals surface area contributed by atoms with Crippen LogP contribution in [0.1, 0.15) is 106 Å². The Balaban J connectivity index is 0.00000114. The van der Waals surface area contributed by atoms with Gasteiger partial charge in [0.15, 0.2) is 0 Å². The smallest absolute Gasteiger partial charge is 0.0143 e. The molecule has 0 radical (unpaired) electrons. The van der Waals surface area contributed by atoms with Gasteiger partial charge in [-0.05, 0) is 119 Å². The molecular formula is C34H59N. The minimum atomic E-state index is 0.498. The Morgan fingerprint density at radius 3 is 2.34 bits per heavy atom. The summed E-state index contributed by atoms with van der Waals surface area (Å²) >= 11 is 0. The highest BCUT2D eigenvalue weighted by Crippen LogP contribution is 2.58. The first-order valence-corrected chi connectivity index (χ1v) is 14.6. The molecule has 3 aliphatic carbocycles. The van der Waals surface area contributed by atoms with E-state index in [1.165, 1.54) is 61.7 Å². The molecular weight excluding hydrogens is 422 g/mol. The van der Waals surface area contributed by atoms with E-state index in [1.807, 2.05) is 27.9 Å². The van der Waals surface area contributed by atoms with Crippen LogP contribution in [-0.2, 0) is 0 Å². The molecule has 0 heterocycles. The fourth-order valence-electron chi connectivity index (χ4n) is 6.25. The Morgan fingerprint density at radius 2 is 1.74 bits per heavy atom. The maximum atomic E-state index is 4.37. The number of hydrogen-bond donors (Lipinski definition) is 1. The van der Waals surface area contributed by atoms with Crippen molar-refractivity contribution >= 4 is 0 Å². The maximum absolute atomic E-state index is 4.37. The summed E-state index contributed by atoms with van der Waals surface area (Å²) in [6.45, 7) is 24.4. The van der Waals surface area contributed by atoms with Crippen molar-refractivity contribution in [2.45, 2.75) is 106 Å². The summed E-state index contributed by atoms with van der Waals surface area (Å²) in [5, 5.41) is 2.75. The van der Waals surface area contributed by atoms with E-state index in [0.717, 1.165) is 30.6 Å². The van der Waals surface area contributed by atoms with E-state index in [9.17, 15) is 0 Å². The summed E-state index contributed by atoms with van der Waals surface area (Å²) in [5.74, 6) is 3.72. The second-order valence-corrected chi connectivity index (χ2v) is 11.8. The highest BCUT2D eigenvalue weighted by atomic mass is 14.7. The van der Waals surface area contributed by atoms with Crippen molar-refractivity contribution in [2.75, 3.05) is 14.1 Å². The lowest BCUT2D eigenvalue weighted by Crippen LogP contribution is -2.33. The largest absolute Gasteiger partial charge is 0.323 e. The van der Waals surface area contributed by atoms with Crippen molar-refractivity contribution in [3.8, 4) is 0 Å². The van der Waals surface area contributed by atoms with E-state index in [1.54, 1.807) is 5.57 Å². The normalized spacial score (nSPS) is 31.6. The van der Waals surface area contributed by atoms with Gasteiger partial charge in [0.25, 0.3) is 0 Å². The molecule has 1 N–H and O–H groups in total. The van der Waals surface area contributed by atoms with Crippen LogP contribution >= 0.6 is 0 Å². The molecule has 3 saturated carbocycles. The van der Waals surface area contributed by atoms with Crippen LogP contribution in [0.4, 0.5) is 0 Å². The highest BCUT2D eigenvalue weighted by Gasteiger charge is 2.48. The Kier molecular flexibility index (Phi) is 14.2. The van der Waals surface area contributed by atoms with Gasteiger partial charge in [-0.2, -0.15) is 0 Å². The first-order chi connectivity index (χ1) is 16.6. The number of allylic oxidation sites excluding steroid dienone is 8. The Bertz CT molecular complexity index is 749. The summed E-state index contributed by atoms with van der Waals surface area (Å²) in [7, 11) is 3.75. The molecule has 5 atom stereocenters. The lowest BCUT2D eigenvalue weighted by molar-refractivity contribution is 0.137. The van der Waals surface area contributed by atoms with E-state index >= 15 is 0 Å². The van der Waals surface area contributed by atoms with Crippen molar-refractivity contribution in [3.63, 3.8) is 0 Å². The van der Waals surface area contributed by atoms with Crippen LogP contribution in [0.2, 0.25) is 0 Å². The zero-order valence-electron chi connectivity index (χ0n) is 25.0. The Labute approximate surface area is 220 Å². The molecule has 200 valence electrons. The first kappa shape index (κ1) is 31.7. The molecule has 1 heteroatoms. The summed E-state index contributed by atoms with van der Waals surface area (Å²) in [4.78, 5) is 0. The number of rotatable bonds is 6. The lowest BCUT2D eigenvalue weighted by atomic mass is 9.63. The first-order valence-electron chi connectivity index (χ1n) is 14.6. The van der Waals surface area contributed by atoms with Crippen LogP contribution in [0.15, 0.2) is 59.8 Å². The zero-order valence-corrected chi connectivity index (χ0v) is 25.0. The molecule has 0 aliphatic heterocycles. The molecule has 0 aromatic heterocycles. The van der Waals surface area contributed by atoms with Gasteiger partial charge in [-0.15, -0.1) is 0 Å². The minimum Gasteiger partial charge on any atom is -0.323 e. The topological polar surface area (TPSA) is 12.0 Å². The minimum absolute atomic E-state index is 0.498. The molecule has 0 saturated heterocycles. The molecule has 0 spiro atoms. The van der Waals surface area contributed by atoms with Crippen LogP contribution < -0.4 is 5.32 Å². The van der Waals surface area contributed by atoms with Crippen LogP contribution in [-0.4, -0.2) is 14.1 Å². The van der Waals surface area contributed by atoms with Gasteiger partial charge in [0.1, 0.15) is 0 Å². The van der Waals surface area contributed by atoms with Crippen molar-refractivity contribution in [2.24, 2.45) is 35.0 Å². The monoisotopic (exact) mass is 481 g/mol. The van der Waals surface area contributed by atoms with Crippen molar-refractivity contribution in [1.29, 1.82) is 0 Å². The van der Waals surface area contributed by atoms with Gasteiger partial charge in [-0.25, -0.2) is 0 Å². The van der Waals surface area contributed by atoms with Gasteiger partial charge >= 0.3 is 0 Å². The number of hydrogen-bond acceptors (Lipinski definition) is 1. The summed E-state index contributed by atoms with van der Waals surface area (Å²) in [6, 6.07) is 0. The highest BCUT2D eigenvalue weighted by molar-refractivity contribution is 5.37. The Hall–Kier alpha value is -1.34. The van der Waals surface area contributed by atoms with E-state index in [2.05, 4.69) is 77.4 Å². The van der Waals surface area contributed by atoms with Gasteiger partial charge in [0, 0.05) is 0 Å². The molecule has 0 amide bonds. The SMILES string of the molecule is C=C1CCC(C(=C)C)C/C1=C\C=C1/CCCC2(C)C(C/C=C/C(C)C(C)C)CCC12.CC.CNC. The molecule has 3 fully saturated rings. The van der Waals surface area contributed by atoms with E-state index in [-0.39, 0.29) is 0 Å². The summed E-state index contributed by atoms with van der Waals surface area (Å²) in [6.07, 6.45) is 21.6. The molecule has 35 heavy (non-hydrogen) atoms. The van der Waals surface area contributed by atoms with Gasteiger partial charge in [-0.1, -0.05) is 95.7 Å². The van der Waals surface area contributed by atoms with Crippen LogP contribution in [0.3, 0.4) is 0 Å². The van der Waals surface area contributed by atoms with Gasteiger partial charge in [-0.3, -0.25) is 0 Å². The van der Waals surface area contributed by atoms with Crippen molar-refractivity contribution in [3.05, 3.63) is 59.8 Å². The van der Waals surface area contributed by atoms with Gasteiger partial charge in [0.05, 0.1) is 0 Å². The predicted molar refractivity (Wildman–Crippen MR) is 160 cm³/mol. The third-order valence-corrected chi connectivity index (χ3v) is 8.98. The predicted octanol–water partition coefficient (Wildman–Crippen LogP) is 10.1. The second kappa shape index (κ2) is 15.7. The summed E-state index contributed by atoms with van der Waals surface area (Å²) < 4.78 is 0. The standard InChI is InChI=1S/C30H46.C2H7N.C2H6/c1-21(2)23(5)10-8-12-28-17-18-29-25(11-9-19-30(28,29)7)15-16-27-20-26(22(3)4)14-13-24(27)6;1-3-2;1-2/h8,10,15-16,21,23,26,28-29H,3,6,9,11-14,17-20H2,1-2,4-5,7H3;3H,1-2H3;1-2H3/b10-8+,25-15+,27-16+;;. The molecule has 5 unspecified atom stereocenters.